The van der Waals surface area contributed by atoms with E-state index in [1.165, 1.54) is 0 Å². The quantitative estimate of drug-likeness (QED) is 0.410. The van der Waals surface area contributed by atoms with Crippen LogP contribution in [0.5, 0.6) is 0 Å². The molecule has 1 saturated carbocycles. The largest absolute Gasteiger partial charge is 0.480 e. The average Bonchev–Trinajstić information content (AvgIpc) is 3.01. The van der Waals surface area contributed by atoms with E-state index in [1.807, 2.05) is 13.8 Å². The first-order valence-corrected chi connectivity index (χ1v) is 10.1. The number of nitrogens with one attached hydrogen (secondary N) is 3. The third-order valence-corrected chi connectivity index (χ3v) is 5.24. The molecule has 2 rings (SSSR count). The molecule has 1 aliphatic carbocycles. The molecule has 11 heteroatoms. The van der Waals surface area contributed by atoms with Crippen molar-refractivity contribution in [3.63, 3.8) is 0 Å². The normalized spacial score (nSPS) is 22.6. The molecule has 3 atom stereocenters. The molecule has 1 heterocycles. The van der Waals surface area contributed by atoms with Crippen LogP contribution in [0.1, 0.15) is 46.0 Å². The number of ether oxygens (including phenoxy) is 1. The Labute approximate surface area is 173 Å². The van der Waals surface area contributed by atoms with E-state index in [2.05, 4.69) is 16.0 Å². The Bertz CT molecular complexity index is 665. The van der Waals surface area contributed by atoms with Crippen LogP contribution in [0.15, 0.2) is 0 Å². The van der Waals surface area contributed by atoms with Crippen molar-refractivity contribution in [2.75, 3.05) is 13.2 Å². The van der Waals surface area contributed by atoms with Crippen LogP contribution in [0.25, 0.3) is 0 Å². The highest BCUT2D eigenvalue weighted by Crippen LogP contribution is 2.42. The van der Waals surface area contributed by atoms with E-state index in [-0.39, 0.29) is 44.1 Å². The number of alkyl halides is 2. The maximum atomic E-state index is 12.8. The number of carbonyl (C=O) groups excluding carboxylic acids is 3. The zero-order chi connectivity index (χ0) is 22.5. The van der Waals surface area contributed by atoms with Crippen molar-refractivity contribution in [2.24, 2.45) is 17.8 Å². The maximum absolute atomic E-state index is 12.8. The van der Waals surface area contributed by atoms with Crippen molar-refractivity contribution in [3.05, 3.63) is 0 Å². The molecule has 3 amide bonds. The minimum absolute atomic E-state index is 0.00439. The standard InChI is InChI=1S/C19H29F2N3O6/c1-10(2)5-13(24-18(29)30-9-11-7-19(20,21)8-11)16(26)23-14(17(27)28)6-12-3-4-22-15(12)25/h10-14H,3-9H2,1-2H3,(H,22,25)(H,23,26)(H,24,29)(H,27,28)/t12?,13-,14-/m0/s1. The van der Waals surface area contributed by atoms with Crippen LogP contribution >= 0.6 is 0 Å². The van der Waals surface area contributed by atoms with Crippen molar-refractivity contribution >= 4 is 23.9 Å². The Morgan fingerprint density at radius 1 is 1.23 bits per heavy atom. The maximum Gasteiger partial charge on any atom is 0.407 e. The molecule has 0 spiro atoms. The first-order valence-electron chi connectivity index (χ1n) is 10.1. The van der Waals surface area contributed by atoms with Gasteiger partial charge in [-0.05, 0) is 25.2 Å². The summed E-state index contributed by atoms with van der Waals surface area (Å²) in [6, 6.07) is -2.34. The molecule has 1 saturated heterocycles. The van der Waals surface area contributed by atoms with Crippen LogP contribution in [0.3, 0.4) is 0 Å². The Kier molecular flexibility index (Phi) is 7.96. The Hall–Kier alpha value is -2.46. The molecule has 1 aliphatic heterocycles. The van der Waals surface area contributed by atoms with Gasteiger partial charge in [0.05, 0.1) is 6.61 Å². The van der Waals surface area contributed by atoms with Crippen LogP contribution in [-0.2, 0) is 19.1 Å². The van der Waals surface area contributed by atoms with Gasteiger partial charge in [-0.2, -0.15) is 0 Å². The number of hydrogen-bond donors (Lipinski definition) is 4. The van der Waals surface area contributed by atoms with E-state index < -0.39 is 47.8 Å². The van der Waals surface area contributed by atoms with E-state index in [9.17, 15) is 33.1 Å². The number of aliphatic carboxylic acids is 1. The molecule has 0 aromatic rings. The van der Waals surface area contributed by atoms with Crippen LogP contribution in [0.2, 0.25) is 0 Å². The van der Waals surface area contributed by atoms with Gasteiger partial charge < -0.3 is 25.8 Å². The van der Waals surface area contributed by atoms with Gasteiger partial charge in [-0.25, -0.2) is 18.4 Å². The van der Waals surface area contributed by atoms with Gasteiger partial charge in [-0.3, -0.25) is 9.59 Å². The monoisotopic (exact) mass is 433 g/mol. The summed E-state index contributed by atoms with van der Waals surface area (Å²) in [5.74, 6) is -5.88. The van der Waals surface area contributed by atoms with Gasteiger partial charge in [0.25, 0.3) is 0 Å². The van der Waals surface area contributed by atoms with Gasteiger partial charge in [-0.15, -0.1) is 0 Å². The van der Waals surface area contributed by atoms with Gasteiger partial charge in [0.15, 0.2) is 0 Å². The Morgan fingerprint density at radius 2 is 1.90 bits per heavy atom. The van der Waals surface area contributed by atoms with Crippen LogP contribution in [-0.4, -0.2) is 60.1 Å². The molecular weight excluding hydrogens is 404 g/mol. The van der Waals surface area contributed by atoms with Crippen molar-refractivity contribution in [1.29, 1.82) is 0 Å². The molecule has 0 aromatic heterocycles. The molecule has 9 nitrogen and oxygen atoms in total. The van der Waals surface area contributed by atoms with Gasteiger partial charge >= 0.3 is 12.1 Å². The minimum atomic E-state index is -2.72. The van der Waals surface area contributed by atoms with E-state index in [0.29, 0.717) is 13.0 Å². The summed E-state index contributed by atoms with van der Waals surface area (Å²) >= 11 is 0. The first kappa shape index (κ1) is 23.8. The lowest BCUT2D eigenvalue weighted by molar-refractivity contribution is -0.143. The topological polar surface area (TPSA) is 134 Å². The summed E-state index contributed by atoms with van der Waals surface area (Å²) in [7, 11) is 0. The second-order valence-corrected chi connectivity index (χ2v) is 8.47. The first-order chi connectivity index (χ1) is 14.0. The number of carbonyl (C=O) groups is 4. The zero-order valence-corrected chi connectivity index (χ0v) is 17.1. The highest BCUT2D eigenvalue weighted by atomic mass is 19.3. The van der Waals surface area contributed by atoms with Crippen molar-refractivity contribution in [3.8, 4) is 0 Å². The van der Waals surface area contributed by atoms with Crippen molar-refractivity contribution < 1.29 is 37.8 Å². The molecule has 0 bridgehead atoms. The summed E-state index contributed by atoms with van der Waals surface area (Å²) in [5.41, 5.74) is 0. The van der Waals surface area contributed by atoms with Crippen LogP contribution < -0.4 is 16.0 Å². The highest BCUT2D eigenvalue weighted by molar-refractivity contribution is 5.89. The van der Waals surface area contributed by atoms with Gasteiger partial charge in [0, 0.05) is 31.2 Å². The predicted octanol–water partition coefficient (Wildman–Crippen LogP) is 1.27. The molecule has 2 fully saturated rings. The number of carboxylic acid groups (broad SMARTS) is 1. The number of rotatable bonds is 10. The van der Waals surface area contributed by atoms with Crippen LogP contribution in [0.4, 0.5) is 13.6 Å². The van der Waals surface area contributed by atoms with E-state index in [4.69, 9.17) is 4.74 Å². The predicted molar refractivity (Wildman–Crippen MR) is 101 cm³/mol. The van der Waals surface area contributed by atoms with E-state index in [1.54, 1.807) is 0 Å². The number of amides is 3. The summed E-state index contributed by atoms with van der Waals surface area (Å²) in [5, 5.41) is 16.8. The highest BCUT2D eigenvalue weighted by Gasteiger charge is 2.45. The number of halogens is 2. The summed E-state index contributed by atoms with van der Waals surface area (Å²) in [6.45, 7) is 3.93. The lowest BCUT2D eigenvalue weighted by Gasteiger charge is -2.34. The fraction of sp³-hybridized carbons (Fsp3) is 0.789. The fourth-order valence-corrected chi connectivity index (χ4v) is 3.63. The second-order valence-electron chi connectivity index (χ2n) is 8.47. The number of alkyl carbamates (subject to hydrolysis) is 1. The smallest absolute Gasteiger partial charge is 0.407 e. The molecule has 1 unspecified atom stereocenters. The van der Waals surface area contributed by atoms with Crippen molar-refractivity contribution in [1.82, 2.24) is 16.0 Å². The Morgan fingerprint density at radius 3 is 2.40 bits per heavy atom. The van der Waals surface area contributed by atoms with E-state index in [0.717, 1.165) is 0 Å². The fourth-order valence-electron chi connectivity index (χ4n) is 3.63. The lowest BCUT2D eigenvalue weighted by Crippen LogP contribution is -2.53. The molecular formula is C19H29F2N3O6. The molecule has 0 aromatic carbocycles. The molecule has 0 radical (unpaired) electrons. The number of carboxylic acids is 1. The molecule has 30 heavy (non-hydrogen) atoms. The summed E-state index contributed by atoms with van der Waals surface area (Å²) in [6.07, 6.45) is -0.955. The molecule has 4 N–H and O–H groups in total. The van der Waals surface area contributed by atoms with Gasteiger partial charge in [-0.1, -0.05) is 13.8 Å². The van der Waals surface area contributed by atoms with Gasteiger partial charge in [0.2, 0.25) is 17.7 Å². The minimum Gasteiger partial charge on any atom is -0.480 e. The number of hydrogen-bond acceptors (Lipinski definition) is 5. The molecule has 2 aliphatic rings. The third kappa shape index (κ3) is 7.10. The van der Waals surface area contributed by atoms with Crippen molar-refractivity contribution in [2.45, 2.75) is 64.0 Å². The Balaban J connectivity index is 1.89. The SMILES string of the molecule is CC(C)C[C@H](NC(=O)OCC1CC(F)(F)C1)C(=O)N[C@@H](CC1CCNC1=O)C(=O)O. The zero-order valence-electron chi connectivity index (χ0n) is 17.1. The molecule has 170 valence electrons. The average molecular weight is 433 g/mol. The summed E-state index contributed by atoms with van der Waals surface area (Å²) < 4.78 is 30.6. The van der Waals surface area contributed by atoms with Gasteiger partial charge in [0.1, 0.15) is 12.1 Å². The van der Waals surface area contributed by atoms with Crippen LogP contribution in [0, 0.1) is 17.8 Å². The van der Waals surface area contributed by atoms with E-state index >= 15 is 0 Å². The second kappa shape index (κ2) is 10.0. The lowest BCUT2D eigenvalue weighted by atomic mass is 9.82. The summed E-state index contributed by atoms with van der Waals surface area (Å²) in [4.78, 5) is 47.9. The third-order valence-electron chi connectivity index (χ3n) is 5.24.